The molecule has 7 heteroatoms. The van der Waals surface area contributed by atoms with Crippen LogP contribution in [0.25, 0.3) is 10.9 Å². The topological polar surface area (TPSA) is 64.0 Å². The number of benzene rings is 2. The second-order valence-electron chi connectivity index (χ2n) is 4.51. The Bertz CT molecular complexity index is 937. The molecule has 22 heavy (non-hydrogen) atoms. The van der Waals surface area contributed by atoms with Crippen molar-refractivity contribution in [2.45, 2.75) is 0 Å². The normalized spacial score (nSPS) is 10.6. The fourth-order valence-corrected chi connectivity index (χ4v) is 2.26. The van der Waals surface area contributed by atoms with Gasteiger partial charge >= 0.3 is 0 Å². The molecule has 1 aromatic heterocycles. The summed E-state index contributed by atoms with van der Waals surface area (Å²) in [5.41, 5.74) is 2.95. The minimum Gasteiger partial charge on any atom is -0.267 e. The summed E-state index contributed by atoms with van der Waals surface area (Å²) in [5, 5.41) is 1.03. The van der Waals surface area contributed by atoms with E-state index in [2.05, 4.69) is 10.4 Å². The molecular weight excluding hydrogens is 325 g/mol. The maximum Gasteiger partial charge on any atom is 0.280 e. The summed E-state index contributed by atoms with van der Waals surface area (Å²) in [6.45, 7) is 0. The van der Waals surface area contributed by atoms with Crippen LogP contribution in [0.15, 0.2) is 53.6 Å². The smallest absolute Gasteiger partial charge is 0.267 e. The van der Waals surface area contributed by atoms with Crippen molar-refractivity contribution in [2.24, 2.45) is 0 Å². The van der Waals surface area contributed by atoms with Gasteiger partial charge in [0, 0.05) is 5.56 Å². The number of para-hydroxylation sites is 1. The molecule has 0 spiro atoms. The van der Waals surface area contributed by atoms with Crippen LogP contribution in [0.4, 0.5) is 0 Å². The highest BCUT2D eigenvalue weighted by molar-refractivity contribution is 6.42. The number of hydrogen-bond donors (Lipinski definition) is 1. The standard InChI is InChI=1S/C15H9Cl2N3O2/c16-11-6-5-9(7-12(11)17)14(21)19-20-8-18-13-4-2-1-3-10(13)15(20)22/h1-8H,(H,19,21). The summed E-state index contributed by atoms with van der Waals surface area (Å²) in [7, 11) is 0. The number of amides is 1. The average Bonchev–Trinajstić information content (AvgIpc) is 2.53. The number of aromatic nitrogens is 2. The van der Waals surface area contributed by atoms with E-state index < -0.39 is 5.91 Å². The van der Waals surface area contributed by atoms with Gasteiger partial charge in [-0.2, -0.15) is 0 Å². The van der Waals surface area contributed by atoms with Crippen LogP contribution < -0.4 is 11.0 Å². The number of nitrogens with one attached hydrogen (secondary N) is 1. The summed E-state index contributed by atoms with van der Waals surface area (Å²) in [4.78, 5) is 28.6. The number of halogens is 2. The largest absolute Gasteiger partial charge is 0.280 e. The van der Waals surface area contributed by atoms with Crippen molar-refractivity contribution in [1.82, 2.24) is 9.66 Å². The third-order valence-corrected chi connectivity index (χ3v) is 3.81. The third kappa shape index (κ3) is 2.68. The highest BCUT2D eigenvalue weighted by Gasteiger charge is 2.10. The van der Waals surface area contributed by atoms with Gasteiger partial charge in [-0.05, 0) is 30.3 Å². The van der Waals surface area contributed by atoms with Crippen molar-refractivity contribution in [3.63, 3.8) is 0 Å². The number of hydrogen-bond acceptors (Lipinski definition) is 3. The zero-order chi connectivity index (χ0) is 15.7. The Hall–Kier alpha value is -2.37. The molecule has 0 atom stereocenters. The summed E-state index contributed by atoms with van der Waals surface area (Å²) in [6, 6.07) is 11.3. The third-order valence-electron chi connectivity index (χ3n) is 3.07. The van der Waals surface area contributed by atoms with E-state index >= 15 is 0 Å². The Kier molecular flexibility index (Phi) is 3.83. The molecule has 0 unspecified atom stereocenters. The molecule has 0 saturated carbocycles. The van der Waals surface area contributed by atoms with Gasteiger partial charge < -0.3 is 0 Å². The first kappa shape index (κ1) is 14.6. The van der Waals surface area contributed by atoms with Gasteiger partial charge in [0.25, 0.3) is 11.5 Å². The first-order valence-corrected chi connectivity index (χ1v) is 7.04. The number of carbonyl (C=O) groups excluding carboxylic acids is 1. The van der Waals surface area contributed by atoms with Crippen LogP contribution in [0.3, 0.4) is 0 Å². The van der Waals surface area contributed by atoms with E-state index in [9.17, 15) is 9.59 Å². The van der Waals surface area contributed by atoms with Crippen molar-refractivity contribution in [3.8, 4) is 0 Å². The maximum absolute atomic E-state index is 12.3. The molecule has 2 aromatic carbocycles. The molecular formula is C15H9Cl2N3O2. The molecule has 1 N–H and O–H groups in total. The lowest BCUT2D eigenvalue weighted by Gasteiger charge is -2.09. The summed E-state index contributed by atoms with van der Waals surface area (Å²) in [5.74, 6) is -0.488. The predicted molar refractivity (Wildman–Crippen MR) is 86.2 cm³/mol. The molecule has 1 amide bonds. The molecule has 0 aliphatic rings. The number of carbonyl (C=O) groups is 1. The zero-order valence-electron chi connectivity index (χ0n) is 11.1. The van der Waals surface area contributed by atoms with Gasteiger partial charge in [-0.15, -0.1) is 0 Å². The zero-order valence-corrected chi connectivity index (χ0v) is 12.6. The first-order chi connectivity index (χ1) is 10.6. The lowest BCUT2D eigenvalue weighted by Crippen LogP contribution is -2.33. The van der Waals surface area contributed by atoms with E-state index in [0.717, 1.165) is 4.68 Å². The van der Waals surface area contributed by atoms with Gasteiger partial charge in [0.15, 0.2) is 0 Å². The molecule has 0 bridgehead atoms. The van der Waals surface area contributed by atoms with Crippen LogP contribution in [0.5, 0.6) is 0 Å². The second-order valence-corrected chi connectivity index (χ2v) is 5.32. The number of nitrogens with zero attached hydrogens (tertiary/aromatic N) is 2. The Balaban J connectivity index is 1.96. The van der Waals surface area contributed by atoms with Gasteiger partial charge in [-0.1, -0.05) is 35.3 Å². The fraction of sp³-hybridized carbons (Fsp3) is 0. The van der Waals surface area contributed by atoms with E-state index in [1.807, 2.05) is 0 Å². The van der Waals surface area contributed by atoms with Crippen LogP contribution >= 0.6 is 23.2 Å². The molecule has 0 aliphatic heterocycles. The highest BCUT2D eigenvalue weighted by Crippen LogP contribution is 2.22. The van der Waals surface area contributed by atoms with Gasteiger partial charge in [-0.25, -0.2) is 9.66 Å². The minimum absolute atomic E-state index is 0.262. The van der Waals surface area contributed by atoms with E-state index in [0.29, 0.717) is 15.9 Å². The Morgan fingerprint density at radius 3 is 2.64 bits per heavy atom. The minimum atomic E-state index is -0.488. The van der Waals surface area contributed by atoms with Crippen molar-refractivity contribution in [3.05, 3.63) is 74.8 Å². The van der Waals surface area contributed by atoms with Crippen LogP contribution in [-0.2, 0) is 0 Å². The van der Waals surface area contributed by atoms with Crippen LogP contribution in [0.2, 0.25) is 10.0 Å². The van der Waals surface area contributed by atoms with Crippen LogP contribution in [-0.4, -0.2) is 15.6 Å². The van der Waals surface area contributed by atoms with Crippen molar-refractivity contribution in [2.75, 3.05) is 5.43 Å². The molecule has 3 rings (SSSR count). The van der Waals surface area contributed by atoms with Crippen molar-refractivity contribution in [1.29, 1.82) is 0 Å². The quantitative estimate of drug-likeness (QED) is 0.783. The van der Waals surface area contributed by atoms with Gasteiger partial charge in [0.1, 0.15) is 6.33 Å². The number of rotatable bonds is 2. The fourth-order valence-electron chi connectivity index (χ4n) is 1.96. The molecule has 0 radical (unpaired) electrons. The van der Waals surface area contributed by atoms with Crippen LogP contribution in [0.1, 0.15) is 10.4 Å². The molecule has 1 heterocycles. The lowest BCUT2D eigenvalue weighted by atomic mass is 10.2. The highest BCUT2D eigenvalue weighted by atomic mass is 35.5. The van der Waals surface area contributed by atoms with E-state index in [-0.39, 0.29) is 16.1 Å². The Labute approximate surface area is 135 Å². The van der Waals surface area contributed by atoms with E-state index in [1.165, 1.54) is 24.5 Å². The molecule has 0 fully saturated rings. The van der Waals surface area contributed by atoms with Gasteiger partial charge in [-0.3, -0.25) is 15.0 Å². The van der Waals surface area contributed by atoms with Gasteiger partial charge in [0.2, 0.25) is 0 Å². The Morgan fingerprint density at radius 2 is 1.86 bits per heavy atom. The number of fused-ring (bicyclic) bond motifs is 1. The summed E-state index contributed by atoms with van der Waals surface area (Å²) < 4.78 is 1.03. The average molecular weight is 334 g/mol. The molecule has 3 aromatic rings. The first-order valence-electron chi connectivity index (χ1n) is 6.29. The monoisotopic (exact) mass is 333 g/mol. The predicted octanol–water partition coefficient (Wildman–Crippen LogP) is 3.09. The van der Waals surface area contributed by atoms with E-state index in [4.69, 9.17) is 23.2 Å². The van der Waals surface area contributed by atoms with E-state index in [1.54, 1.807) is 24.3 Å². The second kappa shape index (κ2) is 5.79. The molecule has 0 saturated heterocycles. The van der Waals surface area contributed by atoms with Crippen molar-refractivity contribution < 1.29 is 4.79 Å². The maximum atomic E-state index is 12.3. The molecule has 5 nitrogen and oxygen atoms in total. The summed E-state index contributed by atoms with van der Waals surface area (Å²) >= 11 is 11.7. The summed E-state index contributed by atoms with van der Waals surface area (Å²) in [6.07, 6.45) is 1.26. The molecule has 110 valence electrons. The van der Waals surface area contributed by atoms with Crippen molar-refractivity contribution >= 4 is 40.0 Å². The SMILES string of the molecule is O=C(Nn1cnc2ccccc2c1=O)c1ccc(Cl)c(Cl)c1. The van der Waals surface area contributed by atoms with Crippen LogP contribution in [0, 0.1) is 0 Å². The Morgan fingerprint density at radius 1 is 1.09 bits per heavy atom. The molecule has 0 aliphatic carbocycles. The lowest BCUT2D eigenvalue weighted by molar-refractivity contribution is 0.101. The van der Waals surface area contributed by atoms with Gasteiger partial charge in [0.05, 0.1) is 20.9 Å².